The maximum atomic E-state index is 13.2. The molecule has 1 N–H and O–H groups in total. The van der Waals surface area contributed by atoms with Crippen molar-refractivity contribution in [3.8, 4) is 11.5 Å². The zero-order valence-corrected chi connectivity index (χ0v) is 20.3. The number of allylic oxidation sites excluding steroid dienone is 2. The standard InChI is InChI=1S/C26H36N4O4/c1-3-33-25-19-21(8-11-24(25)32-2)23-5-4-14-30(28-23)26(31)20-6-9-22(10-7-20)34-18-17-29-15-12-27-13-16-29/h6,8-11,19-20,27H,3-5,7,12-18H2,1-2H3. The van der Waals surface area contributed by atoms with E-state index in [1.807, 2.05) is 43.4 Å². The molecule has 1 fully saturated rings. The van der Waals surface area contributed by atoms with Crippen LogP contribution in [0.2, 0.25) is 0 Å². The lowest BCUT2D eigenvalue weighted by Gasteiger charge is -2.28. The van der Waals surface area contributed by atoms with Crippen molar-refractivity contribution in [2.75, 3.05) is 59.6 Å². The Hall–Kier alpha value is -2.84. The molecule has 3 aliphatic rings. The van der Waals surface area contributed by atoms with Gasteiger partial charge in [0, 0.05) is 44.8 Å². The van der Waals surface area contributed by atoms with Gasteiger partial charge in [-0.2, -0.15) is 5.10 Å². The number of piperazine rings is 1. The number of rotatable bonds is 9. The van der Waals surface area contributed by atoms with E-state index in [0.717, 1.165) is 62.6 Å². The third kappa shape index (κ3) is 6.18. The van der Waals surface area contributed by atoms with Crippen LogP contribution >= 0.6 is 0 Å². The van der Waals surface area contributed by atoms with E-state index in [1.54, 1.807) is 12.1 Å². The second-order valence-electron chi connectivity index (χ2n) is 8.66. The highest BCUT2D eigenvalue weighted by Gasteiger charge is 2.26. The Labute approximate surface area is 202 Å². The number of nitrogens with one attached hydrogen (secondary N) is 1. The Morgan fingerprint density at radius 1 is 1.18 bits per heavy atom. The summed E-state index contributed by atoms with van der Waals surface area (Å²) in [5.74, 6) is 2.06. The van der Waals surface area contributed by atoms with Gasteiger partial charge in [0.05, 0.1) is 25.3 Å². The SMILES string of the molecule is CCOc1cc(C2=NN(C(=O)C3C=CC(OCCN4CCNCC4)=CC3)CCC2)ccc1OC. The molecule has 1 aliphatic carbocycles. The summed E-state index contributed by atoms with van der Waals surface area (Å²) in [6, 6.07) is 5.81. The highest BCUT2D eigenvalue weighted by molar-refractivity contribution is 6.02. The first-order chi connectivity index (χ1) is 16.7. The summed E-state index contributed by atoms with van der Waals surface area (Å²) in [7, 11) is 1.63. The van der Waals surface area contributed by atoms with Gasteiger partial charge in [-0.15, -0.1) is 0 Å². The molecule has 34 heavy (non-hydrogen) atoms. The highest BCUT2D eigenvalue weighted by Crippen LogP contribution is 2.30. The first-order valence-corrected chi connectivity index (χ1v) is 12.3. The number of carbonyl (C=O) groups is 1. The van der Waals surface area contributed by atoms with Crippen molar-refractivity contribution in [2.24, 2.45) is 11.0 Å². The molecule has 184 valence electrons. The quantitative estimate of drug-likeness (QED) is 0.601. The maximum absolute atomic E-state index is 13.2. The average molecular weight is 469 g/mol. The molecule has 0 radical (unpaired) electrons. The number of carbonyl (C=O) groups excluding carboxylic acids is 1. The first-order valence-electron chi connectivity index (χ1n) is 12.3. The Bertz CT molecular complexity index is 937. The van der Waals surface area contributed by atoms with Crippen molar-refractivity contribution in [3.05, 3.63) is 47.7 Å². The van der Waals surface area contributed by atoms with Crippen LogP contribution in [0.1, 0.15) is 31.7 Å². The van der Waals surface area contributed by atoms with Gasteiger partial charge in [-0.05, 0) is 56.5 Å². The van der Waals surface area contributed by atoms with Gasteiger partial charge in [0.15, 0.2) is 11.5 Å². The van der Waals surface area contributed by atoms with Crippen molar-refractivity contribution >= 4 is 11.6 Å². The van der Waals surface area contributed by atoms with E-state index in [9.17, 15) is 4.79 Å². The predicted molar refractivity (Wildman–Crippen MR) is 132 cm³/mol. The summed E-state index contributed by atoms with van der Waals surface area (Å²) < 4.78 is 17.0. The van der Waals surface area contributed by atoms with Gasteiger partial charge < -0.3 is 19.5 Å². The fourth-order valence-corrected chi connectivity index (χ4v) is 4.44. The molecule has 2 aliphatic heterocycles. The number of hydrogen-bond donors (Lipinski definition) is 1. The van der Waals surface area contributed by atoms with Gasteiger partial charge in [0.1, 0.15) is 12.4 Å². The summed E-state index contributed by atoms with van der Waals surface area (Å²) >= 11 is 0. The molecule has 1 saturated heterocycles. The number of amides is 1. The molecular formula is C26H36N4O4. The second kappa shape index (κ2) is 12.0. The normalized spacial score (nSPS) is 21.0. The molecule has 1 unspecified atom stereocenters. The van der Waals surface area contributed by atoms with Crippen LogP contribution in [-0.4, -0.2) is 81.1 Å². The van der Waals surface area contributed by atoms with Gasteiger partial charge >= 0.3 is 0 Å². The van der Waals surface area contributed by atoms with E-state index in [0.29, 0.717) is 37.7 Å². The Morgan fingerprint density at radius 3 is 2.76 bits per heavy atom. The van der Waals surface area contributed by atoms with Crippen LogP contribution < -0.4 is 14.8 Å². The van der Waals surface area contributed by atoms with E-state index in [4.69, 9.17) is 19.3 Å². The van der Waals surface area contributed by atoms with Crippen LogP contribution in [-0.2, 0) is 9.53 Å². The van der Waals surface area contributed by atoms with Crippen molar-refractivity contribution in [2.45, 2.75) is 26.2 Å². The summed E-state index contributed by atoms with van der Waals surface area (Å²) in [6.45, 7) is 8.95. The van der Waals surface area contributed by atoms with Crippen molar-refractivity contribution in [3.63, 3.8) is 0 Å². The van der Waals surface area contributed by atoms with Crippen LogP contribution in [0, 0.1) is 5.92 Å². The van der Waals surface area contributed by atoms with Crippen LogP contribution in [0.25, 0.3) is 0 Å². The minimum atomic E-state index is -0.210. The lowest BCUT2D eigenvalue weighted by atomic mass is 9.98. The van der Waals surface area contributed by atoms with Crippen LogP contribution in [0.3, 0.4) is 0 Å². The number of methoxy groups -OCH3 is 1. The van der Waals surface area contributed by atoms with E-state index in [1.165, 1.54) is 0 Å². The number of nitrogens with zero attached hydrogens (tertiary/aromatic N) is 3. The predicted octanol–water partition coefficient (Wildman–Crippen LogP) is 2.80. The van der Waals surface area contributed by atoms with E-state index in [-0.39, 0.29) is 11.8 Å². The smallest absolute Gasteiger partial charge is 0.249 e. The zero-order chi connectivity index (χ0) is 23.8. The van der Waals surface area contributed by atoms with Crippen molar-refractivity contribution in [1.29, 1.82) is 0 Å². The molecule has 8 heteroatoms. The lowest BCUT2D eigenvalue weighted by molar-refractivity contribution is -0.134. The largest absolute Gasteiger partial charge is 0.493 e. The average Bonchev–Trinajstić information content (AvgIpc) is 2.89. The monoisotopic (exact) mass is 468 g/mol. The van der Waals surface area contributed by atoms with Gasteiger partial charge in [-0.25, -0.2) is 5.01 Å². The molecule has 0 saturated carbocycles. The highest BCUT2D eigenvalue weighted by atomic mass is 16.5. The number of hydrazone groups is 1. The fourth-order valence-electron chi connectivity index (χ4n) is 4.44. The Kier molecular flexibility index (Phi) is 8.60. The topological polar surface area (TPSA) is 75.6 Å². The molecule has 2 heterocycles. The molecule has 4 rings (SSSR count). The molecular weight excluding hydrogens is 432 g/mol. The van der Waals surface area contributed by atoms with E-state index >= 15 is 0 Å². The number of benzene rings is 1. The van der Waals surface area contributed by atoms with Gasteiger partial charge in [0.2, 0.25) is 5.91 Å². The summed E-state index contributed by atoms with van der Waals surface area (Å²) in [6.07, 6.45) is 8.24. The van der Waals surface area contributed by atoms with E-state index < -0.39 is 0 Å². The summed E-state index contributed by atoms with van der Waals surface area (Å²) in [4.78, 5) is 15.6. The third-order valence-corrected chi connectivity index (χ3v) is 6.34. The van der Waals surface area contributed by atoms with Gasteiger partial charge in [-0.3, -0.25) is 9.69 Å². The van der Waals surface area contributed by atoms with Crippen LogP contribution in [0.4, 0.5) is 0 Å². The Balaban J connectivity index is 1.33. The van der Waals surface area contributed by atoms with Crippen molar-refractivity contribution in [1.82, 2.24) is 15.2 Å². The molecule has 0 aromatic heterocycles. The molecule has 0 bridgehead atoms. The zero-order valence-electron chi connectivity index (χ0n) is 20.3. The van der Waals surface area contributed by atoms with Crippen LogP contribution in [0.15, 0.2) is 47.3 Å². The summed E-state index contributed by atoms with van der Waals surface area (Å²) in [5, 5.41) is 9.70. The minimum absolute atomic E-state index is 0.0307. The Morgan fingerprint density at radius 2 is 2.03 bits per heavy atom. The molecule has 1 aromatic rings. The summed E-state index contributed by atoms with van der Waals surface area (Å²) in [5.41, 5.74) is 1.86. The van der Waals surface area contributed by atoms with Crippen molar-refractivity contribution < 1.29 is 19.0 Å². The van der Waals surface area contributed by atoms with Gasteiger partial charge in [0.25, 0.3) is 0 Å². The third-order valence-electron chi connectivity index (χ3n) is 6.34. The van der Waals surface area contributed by atoms with Gasteiger partial charge in [-0.1, -0.05) is 6.08 Å². The maximum Gasteiger partial charge on any atom is 0.249 e. The lowest BCUT2D eigenvalue weighted by Crippen LogP contribution is -2.44. The molecule has 8 nitrogen and oxygen atoms in total. The molecule has 0 spiro atoms. The number of ether oxygens (including phenoxy) is 3. The second-order valence-corrected chi connectivity index (χ2v) is 8.66. The minimum Gasteiger partial charge on any atom is -0.493 e. The molecule has 1 aromatic carbocycles. The fraction of sp³-hybridized carbons (Fsp3) is 0.538. The van der Waals surface area contributed by atoms with E-state index in [2.05, 4.69) is 10.2 Å². The molecule has 1 atom stereocenters. The molecule has 1 amide bonds. The first kappa shape index (κ1) is 24.3. The number of hydrogen-bond acceptors (Lipinski definition) is 7. The van der Waals surface area contributed by atoms with Crippen LogP contribution in [0.5, 0.6) is 11.5 Å².